The predicted octanol–water partition coefficient (Wildman–Crippen LogP) is 1.80. The van der Waals surface area contributed by atoms with Gasteiger partial charge in [-0.3, -0.25) is 0 Å². The van der Waals surface area contributed by atoms with E-state index in [2.05, 4.69) is 0 Å². The molecule has 0 fully saturated rings. The summed E-state index contributed by atoms with van der Waals surface area (Å²) in [4.78, 5) is 23.4. The number of hydrogen-bond acceptors (Lipinski definition) is 5. The van der Waals surface area contributed by atoms with E-state index in [0.29, 0.717) is 0 Å². The molecule has 0 unspecified atom stereocenters. The summed E-state index contributed by atoms with van der Waals surface area (Å²) in [6, 6.07) is 16.9. The Hall–Kier alpha value is -2.66. The molecule has 0 amide bonds. The molecule has 2 N–H and O–H groups in total. The molecule has 0 aliphatic heterocycles. The maximum absolute atomic E-state index is 11.7. The molecule has 2 aromatic carbocycles. The summed E-state index contributed by atoms with van der Waals surface area (Å²) >= 11 is 0. The van der Waals surface area contributed by atoms with E-state index in [0.717, 1.165) is 11.1 Å². The number of carbonyl (C=O) groups excluding carboxylic acids is 2. The average Bonchev–Trinajstić information content (AvgIpc) is 2.58. The fraction of sp³-hybridized carbons (Fsp3) is 0.176. The molecule has 0 heterocycles. The Balaban J connectivity index is 1.78. The maximum Gasteiger partial charge on any atom is 0.334 e. The molecular weight excluding hydrogens is 282 g/mol. The Morgan fingerprint density at radius 3 is 1.50 bits per heavy atom. The highest BCUT2D eigenvalue weighted by molar-refractivity contribution is 5.98. The van der Waals surface area contributed by atoms with Gasteiger partial charge in [0.15, 0.2) is 0 Å². The third kappa shape index (κ3) is 4.71. The zero-order chi connectivity index (χ0) is 15.8. The summed E-state index contributed by atoms with van der Waals surface area (Å²) in [5.41, 5.74) is 7.18. The van der Waals surface area contributed by atoms with Crippen molar-refractivity contribution in [3.63, 3.8) is 0 Å². The molecule has 0 saturated heterocycles. The van der Waals surface area contributed by atoms with Crippen LogP contribution in [0.4, 0.5) is 0 Å². The topological polar surface area (TPSA) is 78.6 Å². The van der Waals surface area contributed by atoms with Crippen LogP contribution in [-0.4, -0.2) is 18.0 Å². The number of nitrogens with two attached hydrogens (primary N) is 1. The third-order valence-electron chi connectivity index (χ3n) is 2.96. The van der Waals surface area contributed by atoms with Gasteiger partial charge in [0, 0.05) is 0 Å². The monoisotopic (exact) mass is 299 g/mol. The second-order valence-corrected chi connectivity index (χ2v) is 4.66. The number of carbonyl (C=O) groups is 2. The number of benzene rings is 2. The van der Waals surface area contributed by atoms with E-state index in [4.69, 9.17) is 15.2 Å². The van der Waals surface area contributed by atoms with Gasteiger partial charge in [-0.1, -0.05) is 60.7 Å². The van der Waals surface area contributed by atoms with E-state index >= 15 is 0 Å². The summed E-state index contributed by atoms with van der Waals surface area (Å²) in [5.74, 6) is -1.61. The van der Waals surface area contributed by atoms with Crippen molar-refractivity contribution >= 4 is 11.9 Å². The van der Waals surface area contributed by atoms with Crippen LogP contribution >= 0.6 is 0 Å². The van der Waals surface area contributed by atoms with Crippen LogP contribution in [0.5, 0.6) is 0 Å². The largest absolute Gasteiger partial charge is 0.459 e. The van der Waals surface area contributed by atoms with Gasteiger partial charge in [0.05, 0.1) is 0 Å². The van der Waals surface area contributed by atoms with Crippen LogP contribution in [0.15, 0.2) is 60.7 Å². The number of esters is 2. The molecule has 5 nitrogen and oxygen atoms in total. The SMILES string of the molecule is NC(C(=O)OCc1ccccc1)C(=O)OCc1ccccc1. The zero-order valence-electron chi connectivity index (χ0n) is 12.0. The van der Waals surface area contributed by atoms with E-state index in [-0.39, 0.29) is 13.2 Å². The van der Waals surface area contributed by atoms with Crippen molar-refractivity contribution in [2.45, 2.75) is 19.3 Å². The van der Waals surface area contributed by atoms with Crippen molar-refractivity contribution in [1.29, 1.82) is 0 Å². The Bertz CT molecular complexity index is 558. The van der Waals surface area contributed by atoms with Crippen LogP contribution in [0.3, 0.4) is 0 Å². The molecule has 2 aromatic rings. The van der Waals surface area contributed by atoms with E-state index < -0.39 is 18.0 Å². The Labute approximate surface area is 128 Å². The van der Waals surface area contributed by atoms with Gasteiger partial charge in [-0.15, -0.1) is 0 Å². The van der Waals surface area contributed by atoms with Crippen molar-refractivity contribution < 1.29 is 19.1 Å². The zero-order valence-corrected chi connectivity index (χ0v) is 12.0. The molecule has 0 aliphatic rings. The second-order valence-electron chi connectivity index (χ2n) is 4.66. The third-order valence-corrected chi connectivity index (χ3v) is 2.96. The Morgan fingerprint density at radius 2 is 1.14 bits per heavy atom. The quantitative estimate of drug-likeness (QED) is 0.650. The first-order chi connectivity index (χ1) is 10.7. The molecule has 5 heteroatoms. The van der Waals surface area contributed by atoms with E-state index in [1.54, 1.807) is 0 Å². The van der Waals surface area contributed by atoms with Crippen molar-refractivity contribution in [2.24, 2.45) is 5.73 Å². The average molecular weight is 299 g/mol. The van der Waals surface area contributed by atoms with Gasteiger partial charge in [0.25, 0.3) is 0 Å². The van der Waals surface area contributed by atoms with Gasteiger partial charge in [-0.05, 0) is 11.1 Å². The standard InChI is InChI=1S/C17H17NO4/c18-15(16(19)21-11-13-7-3-1-4-8-13)17(20)22-12-14-9-5-2-6-10-14/h1-10,15H,11-12,18H2. The number of ether oxygens (including phenoxy) is 2. The Morgan fingerprint density at radius 1 is 0.773 bits per heavy atom. The Kier molecular flexibility index (Phi) is 5.68. The number of hydrogen-bond donors (Lipinski definition) is 1. The fourth-order valence-electron chi connectivity index (χ4n) is 1.73. The minimum atomic E-state index is -1.44. The summed E-state index contributed by atoms with van der Waals surface area (Å²) in [7, 11) is 0. The molecular formula is C17H17NO4. The van der Waals surface area contributed by atoms with Gasteiger partial charge >= 0.3 is 11.9 Å². The summed E-state index contributed by atoms with van der Waals surface area (Å²) in [6.07, 6.45) is 0. The van der Waals surface area contributed by atoms with Crippen LogP contribution in [0, 0.1) is 0 Å². The highest BCUT2D eigenvalue weighted by Crippen LogP contribution is 2.04. The number of rotatable bonds is 6. The molecule has 114 valence electrons. The molecule has 0 saturated carbocycles. The van der Waals surface area contributed by atoms with E-state index in [1.807, 2.05) is 60.7 Å². The smallest absolute Gasteiger partial charge is 0.334 e. The van der Waals surface area contributed by atoms with Crippen molar-refractivity contribution in [3.05, 3.63) is 71.8 Å². The minimum Gasteiger partial charge on any atom is -0.459 e. The fourth-order valence-corrected chi connectivity index (χ4v) is 1.73. The van der Waals surface area contributed by atoms with Gasteiger partial charge < -0.3 is 15.2 Å². The summed E-state index contributed by atoms with van der Waals surface area (Å²) in [5, 5.41) is 0. The molecule has 0 atom stereocenters. The van der Waals surface area contributed by atoms with Crippen LogP contribution in [-0.2, 0) is 32.3 Å². The van der Waals surface area contributed by atoms with Crippen LogP contribution in [0.25, 0.3) is 0 Å². The molecule has 22 heavy (non-hydrogen) atoms. The van der Waals surface area contributed by atoms with Gasteiger partial charge in [0.2, 0.25) is 6.04 Å². The van der Waals surface area contributed by atoms with Crippen molar-refractivity contribution in [2.75, 3.05) is 0 Å². The molecule has 0 aromatic heterocycles. The predicted molar refractivity (Wildman–Crippen MR) is 80.5 cm³/mol. The summed E-state index contributed by atoms with van der Waals surface area (Å²) in [6.45, 7) is 0.138. The molecule has 0 bridgehead atoms. The molecule has 2 rings (SSSR count). The molecule has 0 aliphatic carbocycles. The van der Waals surface area contributed by atoms with Crippen LogP contribution in [0.1, 0.15) is 11.1 Å². The second kappa shape index (κ2) is 7.95. The lowest BCUT2D eigenvalue weighted by Crippen LogP contribution is -2.41. The first-order valence-electron chi connectivity index (χ1n) is 6.83. The highest BCUT2D eigenvalue weighted by Gasteiger charge is 2.25. The maximum atomic E-state index is 11.7. The minimum absolute atomic E-state index is 0.0688. The first-order valence-corrected chi connectivity index (χ1v) is 6.83. The lowest BCUT2D eigenvalue weighted by molar-refractivity contribution is -0.158. The first kappa shape index (κ1) is 15.7. The van der Waals surface area contributed by atoms with Gasteiger partial charge in [0.1, 0.15) is 13.2 Å². The molecule has 0 radical (unpaired) electrons. The van der Waals surface area contributed by atoms with E-state index in [1.165, 1.54) is 0 Å². The normalized spacial score (nSPS) is 10.3. The van der Waals surface area contributed by atoms with E-state index in [9.17, 15) is 9.59 Å². The van der Waals surface area contributed by atoms with Gasteiger partial charge in [-0.2, -0.15) is 0 Å². The summed E-state index contributed by atoms with van der Waals surface area (Å²) < 4.78 is 10.00. The lowest BCUT2D eigenvalue weighted by atomic mass is 10.2. The van der Waals surface area contributed by atoms with Crippen LogP contribution < -0.4 is 5.73 Å². The van der Waals surface area contributed by atoms with Crippen LogP contribution in [0.2, 0.25) is 0 Å². The molecule has 0 spiro atoms. The van der Waals surface area contributed by atoms with Crippen molar-refractivity contribution in [3.8, 4) is 0 Å². The van der Waals surface area contributed by atoms with Gasteiger partial charge in [-0.25, -0.2) is 9.59 Å². The highest BCUT2D eigenvalue weighted by atomic mass is 16.6. The lowest BCUT2D eigenvalue weighted by Gasteiger charge is -2.11. The van der Waals surface area contributed by atoms with Crippen molar-refractivity contribution in [1.82, 2.24) is 0 Å².